The lowest BCUT2D eigenvalue weighted by atomic mass is 10.3. The fourth-order valence-electron chi connectivity index (χ4n) is 0.729. The zero-order chi connectivity index (χ0) is 6.24. The molecule has 1 nitrogen and oxygen atoms in total. The molecule has 0 aliphatic carbocycles. The third kappa shape index (κ3) is 6.39. The number of hydrogen-bond donors (Lipinski definition) is 1. The molecule has 0 aromatic heterocycles. The topological polar surface area (TPSA) is 12.0 Å². The Labute approximate surface area is 57.7 Å². The molecule has 0 heterocycles. The number of hydrogen-bond acceptors (Lipinski definition) is 1. The second-order valence-corrected chi connectivity index (χ2v) is 6.20. The Morgan fingerprint density at radius 1 is 1.50 bits per heavy atom. The molecule has 8 heavy (non-hydrogen) atoms. The van der Waals surface area contributed by atoms with E-state index in [0.29, 0.717) is 0 Å². The van der Waals surface area contributed by atoms with Crippen molar-refractivity contribution >= 4 is 20.1 Å². The highest BCUT2D eigenvalue weighted by Crippen LogP contribution is 1.96. The average Bonchev–Trinajstić information content (AvgIpc) is 1.81. The van der Waals surface area contributed by atoms with Gasteiger partial charge in [0.15, 0.2) is 0 Å². The van der Waals surface area contributed by atoms with Crippen molar-refractivity contribution in [2.75, 3.05) is 0 Å². The highest BCUT2D eigenvalue weighted by Gasteiger charge is 1.83. The van der Waals surface area contributed by atoms with E-state index in [-0.39, 0.29) is 9.68 Å². The molecule has 0 aliphatic rings. The minimum atomic E-state index is 0.213. The van der Waals surface area contributed by atoms with Gasteiger partial charge in [-0.15, -0.1) is 0 Å². The summed E-state index contributed by atoms with van der Waals surface area (Å²) in [5, 5.41) is 0. The van der Waals surface area contributed by atoms with Gasteiger partial charge >= 0.3 is 0 Å². The summed E-state index contributed by atoms with van der Waals surface area (Å²) in [6.07, 6.45) is 4.28. The molecule has 0 spiro atoms. The highest BCUT2D eigenvalue weighted by molar-refractivity contribution is 6.41. The predicted molar refractivity (Wildman–Crippen MR) is 46.0 cm³/mol. The van der Waals surface area contributed by atoms with Crippen LogP contribution in [0.3, 0.4) is 0 Å². The van der Waals surface area contributed by atoms with Crippen LogP contribution in [-0.2, 0) is 0 Å². The Hall–Kier alpha value is 0.394. The first-order chi connectivity index (χ1) is 3.91. The van der Waals surface area contributed by atoms with E-state index in [1.54, 1.807) is 0 Å². The molecule has 0 aliphatic heterocycles. The molecule has 0 atom stereocenters. The van der Waals surface area contributed by atoms with Gasteiger partial charge in [0.1, 0.15) is 0 Å². The predicted octanol–water partition coefficient (Wildman–Crippen LogP) is -0.451. The highest BCUT2D eigenvalue weighted by atomic mass is 28.3. The van der Waals surface area contributed by atoms with Crippen LogP contribution in [0.2, 0.25) is 6.04 Å². The first-order valence-corrected chi connectivity index (χ1v) is 6.27. The van der Waals surface area contributed by atoms with Crippen molar-refractivity contribution in [3.63, 3.8) is 0 Å². The van der Waals surface area contributed by atoms with Crippen molar-refractivity contribution in [1.82, 2.24) is 4.65 Å². The van der Waals surface area contributed by atoms with Crippen LogP contribution < -0.4 is 4.65 Å². The normalized spacial score (nSPS) is 11.6. The third-order valence-corrected chi connectivity index (χ3v) is 4.13. The van der Waals surface area contributed by atoms with Crippen LogP contribution in [0, 0.1) is 0 Å². The molecule has 0 unspecified atom stereocenters. The maximum Gasteiger partial charge on any atom is 0.0842 e. The van der Waals surface area contributed by atoms with E-state index < -0.39 is 0 Å². The Morgan fingerprint density at radius 2 is 2.25 bits per heavy atom. The van der Waals surface area contributed by atoms with Crippen LogP contribution in [0.15, 0.2) is 0 Å². The van der Waals surface area contributed by atoms with Gasteiger partial charge in [0.25, 0.3) is 0 Å². The molecule has 1 N–H and O–H groups in total. The molecule has 0 bridgehead atoms. The van der Waals surface area contributed by atoms with E-state index >= 15 is 0 Å². The minimum absolute atomic E-state index is 0.213. The lowest BCUT2D eigenvalue weighted by Gasteiger charge is -1.94. The van der Waals surface area contributed by atoms with Gasteiger partial charge in [0.05, 0.1) is 20.1 Å². The summed E-state index contributed by atoms with van der Waals surface area (Å²) in [6.45, 7) is 2.26. The Kier molecular flexibility index (Phi) is 7.76. The fraction of sp³-hybridized carbons (Fsp3) is 1.00. The first-order valence-electron chi connectivity index (χ1n) is 3.56. The van der Waals surface area contributed by atoms with Crippen LogP contribution in [-0.4, -0.2) is 20.1 Å². The van der Waals surface area contributed by atoms with Gasteiger partial charge in [0, 0.05) is 0 Å². The summed E-state index contributed by atoms with van der Waals surface area (Å²) in [5.74, 6) is 0. The molecule has 0 saturated heterocycles. The first kappa shape index (κ1) is 8.39. The van der Waals surface area contributed by atoms with Crippen LogP contribution in [0.5, 0.6) is 0 Å². The molecule has 3 heteroatoms. The second-order valence-electron chi connectivity index (χ2n) is 2.16. The number of unbranched alkanes of at least 4 members (excludes halogenated alkanes) is 2. The summed E-state index contributed by atoms with van der Waals surface area (Å²) in [6, 6.07) is 1.51. The van der Waals surface area contributed by atoms with Crippen molar-refractivity contribution < 1.29 is 0 Å². The molecule has 0 rings (SSSR count). The van der Waals surface area contributed by atoms with Crippen LogP contribution in [0.25, 0.3) is 0 Å². The van der Waals surface area contributed by atoms with Gasteiger partial charge in [-0.1, -0.05) is 32.2 Å². The van der Waals surface area contributed by atoms with Crippen LogP contribution in [0.1, 0.15) is 26.2 Å². The maximum absolute atomic E-state index is 3.40. The molecule has 0 aromatic rings. The second kappa shape index (κ2) is 7.39. The van der Waals surface area contributed by atoms with E-state index in [4.69, 9.17) is 0 Å². The van der Waals surface area contributed by atoms with Crippen molar-refractivity contribution in [2.24, 2.45) is 0 Å². The van der Waals surface area contributed by atoms with Crippen molar-refractivity contribution in [2.45, 2.75) is 32.2 Å². The fourth-order valence-corrected chi connectivity index (χ4v) is 2.75. The Bertz CT molecular complexity index is 35.4. The van der Waals surface area contributed by atoms with Crippen molar-refractivity contribution in [3.8, 4) is 0 Å². The van der Waals surface area contributed by atoms with Gasteiger partial charge in [-0.25, -0.2) is 0 Å². The smallest absolute Gasteiger partial charge is 0.0842 e. The third-order valence-electron chi connectivity index (χ3n) is 1.28. The van der Waals surface area contributed by atoms with E-state index in [1.165, 1.54) is 35.7 Å². The monoisotopic (exact) mass is 147 g/mol. The molecule has 0 aromatic carbocycles. The van der Waals surface area contributed by atoms with Gasteiger partial charge in [0.2, 0.25) is 0 Å². The summed E-state index contributed by atoms with van der Waals surface area (Å²) in [5.41, 5.74) is 0. The SMILES string of the molecule is CCCCC[SiH2]N[SiH3]. The molecule has 50 valence electrons. The quantitative estimate of drug-likeness (QED) is 0.410. The van der Waals surface area contributed by atoms with Crippen LogP contribution >= 0.6 is 0 Å². The lowest BCUT2D eigenvalue weighted by molar-refractivity contribution is 0.767. The van der Waals surface area contributed by atoms with Gasteiger partial charge in [-0.2, -0.15) is 0 Å². The summed E-state index contributed by atoms with van der Waals surface area (Å²) in [4.78, 5) is 0. The van der Waals surface area contributed by atoms with Crippen LogP contribution in [0.4, 0.5) is 0 Å². The van der Waals surface area contributed by atoms with E-state index in [2.05, 4.69) is 11.6 Å². The lowest BCUT2D eigenvalue weighted by Crippen LogP contribution is -2.13. The molecule has 0 saturated carbocycles. The molecule has 0 radical (unpaired) electrons. The average molecular weight is 147 g/mol. The summed E-state index contributed by atoms with van der Waals surface area (Å²) >= 11 is 0. The van der Waals surface area contributed by atoms with E-state index in [9.17, 15) is 0 Å². The van der Waals surface area contributed by atoms with Gasteiger partial charge in [-0.05, 0) is 0 Å². The molecule has 0 amide bonds. The van der Waals surface area contributed by atoms with E-state index in [0.717, 1.165) is 0 Å². The maximum atomic E-state index is 3.40. The minimum Gasteiger partial charge on any atom is -0.372 e. The number of nitrogens with one attached hydrogen (secondary N) is 1. The number of rotatable bonds is 5. The standard InChI is InChI=1S/C5H17NSi2/c1-2-3-4-5-8-6-7/h6H,2-5,8H2,1,7H3. The molecular formula is C5H17NSi2. The Morgan fingerprint density at radius 3 is 2.75 bits per heavy atom. The molecular weight excluding hydrogens is 130 g/mol. The summed E-state index contributed by atoms with van der Waals surface area (Å²) in [7, 11) is 1.43. The Balaban J connectivity index is 2.53. The summed E-state index contributed by atoms with van der Waals surface area (Å²) < 4.78 is 3.40. The zero-order valence-electron chi connectivity index (χ0n) is 6.04. The van der Waals surface area contributed by atoms with Crippen molar-refractivity contribution in [3.05, 3.63) is 0 Å². The van der Waals surface area contributed by atoms with E-state index in [1.807, 2.05) is 0 Å². The van der Waals surface area contributed by atoms with Gasteiger partial charge in [-0.3, -0.25) is 0 Å². The largest absolute Gasteiger partial charge is 0.372 e. The zero-order valence-corrected chi connectivity index (χ0v) is 9.45. The van der Waals surface area contributed by atoms with Gasteiger partial charge < -0.3 is 4.65 Å². The van der Waals surface area contributed by atoms with Crippen molar-refractivity contribution in [1.29, 1.82) is 0 Å². The molecule has 0 fully saturated rings.